The molecule has 7 nitrogen and oxygen atoms in total. The average Bonchev–Trinajstić information content (AvgIpc) is 3.00. The van der Waals surface area contributed by atoms with E-state index in [0.717, 1.165) is 29.2 Å². The number of carbonyl (C=O) groups is 1. The van der Waals surface area contributed by atoms with Gasteiger partial charge in [0.15, 0.2) is 5.96 Å². The smallest absolute Gasteiger partial charge is 0.341 e. The number of aryl methyl sites for hydroxylation is 2. The minimum Gasteiger partial charge on any atom is -0.496 e. The molecule has 2 rings (SSSR count). The molecule has 0 atom stereocenters. The fourth-order valence-electron chi connectivity index (χ4n) is 2.46. The number of aromatic nitrogens is 1. The molecule has 1 aromatic carbocycles. The first kappa shape index (κ1) is 20.7. The maximum absolute atomic E-state index is 11.7. The van der Waals surface area contributed by atoms with Gasteiger partial charge in [0.1, 0.15) is 11.3 Å². The predicted octanol–water partition coefficient (Wildman–Crippen LogP) is 2.46. The molecule has 0 aliphatic rings. The Balaban J connectivity index is 1.88. The van der Waals surface area contributed by atoms with Gasteiger partial charge in [0.05, 0.1) is 24.9 Å². The van der Waals surface area contributed by atoms with Crippen molar-refractivity contribution in [3.63, 3.8) is 0 Å². The molecule has 146 valence electrons. The Labute approximate surface area is 163 Å². The summed E-state index contributed by atoms with van der Waals surface area (Å²) in [5.41, 5.74) is 2.47. The van der Waals surface area contributed by atoms with Crippen LogP contribution in [-0.4, -0.2) is 44.7 Å². The highest BCUT2D eigenvalue weighted by atomic mass is 32.1. The fraction of sp³-hybridized carbons (Fsp3) is 0.421. The Kier molecular flexibility index (Phi) is 7.60. The highest BCUT2D eigenvalue weighted by Gasteiger charge is 2.13. The Morgan fingerprint density at radius 2 is 2.04 bits per heavy atom. The third kappa shape index (κ3) is 5.68. The topological polar surface area (TPSA) is 84.8 Å². The van der Waals surface area contributed by atoms with Crippen LogP contribution in [0.1, 0.15) is 31.5 Å². The molecule has 2 N–H and O–H groups in total. The molecule has 0 aliphatic carbocycles. The van der Waals surface area contributed by atoms with Gasteiger partial charge >= 0.3 is 5.97 Å². The zero-order valence-corrected chi connectivity index (χ0v) is 17.2. The van der Waals surface area contributed by atoms with E-state index in [9.17, 15) is 4.79 Å². The summed E-state index contributed by atoms with van der Waals surface area (Å²) in [7, 11) is 4.61. The van der Waals surface area contributed by atoms with Gasteiger partial charge < -0.3 is 20.1 Å². The lowest BCUT2D eigenvalue weighted by molar-refractivity contribution is 0.0597. The number of nitrogens with zero attached hydrogens (tertiary/aromatic N) is 2. The first-order chi connectivity index (χ1) is 13.0. The monoisotopic (exact) mass is 390 g/mol. The van der Waals surface area contributed by atoms with Crippen LogP contribution in [0.5, 0.6) is 5.75 Å². The minimum absolute atomic E-state index is 0.403. The molecule has 0 amide bonds. The standard InChI is InChI=1S/C19H26N4O3S/c1-12-13(2)27-17(23-12)8-9-21-19(20-3)22-11-14-6-7-15(18(24)26-5)16(10-14)25-4/h6-7,10H,8-9,11H2,1-5H3,(H2,20,21,22). The maximum Gasteiger partial charge on any atom is 0.341 e. The number of hydrogen-bond donors (Lipinski definition) is 2. The highest BCUT2D eigenvalue weighted by Crippen LogP contribution is 2.21. The van der Waals surface area contributed by atoms with Gasteiger partial charge in [0.2, 0.25) is 0 Å². The molecule has 0 unspecified atom stereocenters. The number of thiazole rings is 1. The van der Waals surface area contributed by atoms with Crippen molar-refractivity contribution < 1.29 is 14.3 Å². The molecule has 1 heterocycles. The van der Waals surface area contributed by atoms with Gasteiger partial charge in [0, 0.05) is 31.4 Å². The van der Waals surface area contributed by atoms with Crippen LogP contribution in [-0.2, 0) is 17.7 Å². The summed E-state index contributed by atoms with van der Waals surface area (Å²) in [5.74, 6) is 0.770. The number of guanidine groups is 1. The average molecular weight is 391 g/mol. The van der Waals surface area contributed by atoms with E-state index in [2.05, 4.69) is 27.5 Å². The molecule has 0 radical (unpaired) electrons. The fourth-order valence-corrected chi connectivity index (χ4v) is 3.40. The first-order valence-corrected chi connectivity index (χ1v) is 9.42. The molecular formula is C19H26N4O3S. The van der Waals surface area contributed by atoms with E-state index < -0.39 is 5.97 Å². The number of methoxy groups -OCH3 is 2. The van der Waals surface area contributed by atoms with Crippen molar-refractivity contribution in [1.82, 2.24) is 15.6 Å². The third-order valence-electron chi connectivity index (χ3n) is 4.06. The van der Waals surface area contributed by atoms with Gasteiger partial charge in [0.25, 0.3) is 0 Å². The quantitative estimate of drug-likeness (QED) is 0.429. The Hall–Kier alpha value is -2.61. The van der Waals surface area contributed by atoms with Gasteiger partial charge in [-0.2, -0.15) is 0 Å². The van der Waals surface area contributed by atoms with E-state index in [1.165, 1.54) is 19.1 Å². The lowest BCUT2D eigenvalue weighted by atomic mass is 10.1. The summed E-state index contributed by atoms with van der Waals surface area (Å²) in [5, 5.41) is 7.66. The molecule has 27 heavy (non-hydrogen) atoms. The summed E-state index contributed by atoms with van der Waals surface area (Å²) in [4.78, 5) is 21.8. The molecule has 0 saturated heterocycles. The number of rotatable bonds is 7. The number of aliphatic imine (C=N–C) groups is 1. The molecule has 1 aromatic heterocycles. The Morgan fingerprint density at radius 1 is 1.26 bits per heavy atom. The number of ether oxygens (including phenoxy) is 2. The van der Waals surface area contributed by atoms with Crippen LogP contribution in [0, 0.1) is 13.8 Å². The molecule has 2 aromatic rings. The van der Waals surface area contributed by atoms with Crippen molar-refractivity contribution in [3.8, 4) is 5.75 Å². The second-order valence-electron chi connectivity index (χ2n) is 5.88. The van der Waals surface area contributed by atoms with E-state index in [0.29, 0.717) is 23.8 Å². The minimum atomic E-state index is -0.420. The van der Waals surface area contributed by atoms with Crippen LogP contribution in [0.25, 0.3) is 0 Å². The lowest BCUT2D eigenvalue weighted by Gasteiger charge is -2.13. The zero-order chi connectivity index (χ0) is 19.8. The van der Waals surface area contributed by atoms with E-state index in [1.54, 1.807) is 24.5 Å². The van der Waals surface area contributed by atoms with Gasteiger partial charge in [-0.05, 0) is 31.5 Å². The molecule has 8 heteroatoms. The molecule has 0 saturated carbocycles. The van der Waals surface area contributed by atoms with E-state index in [-0.39, 0.29) is 0 Å². The van der Waals surface area contributed by atoms with Crippen LogP contribution < -0.4 is 15.4 Å². The van der Waals surface area contributed by atoms with Gasteiger partial charge in [-0.3, -0.25) is 4.99 Å². The largest absolute Gasteiger partial charge is 0.496 e. The van der Waals surface area contributed by atoms with Crippen molar-refractivity contribution in [1.29, 1.82) is 0 Å². The van der Waals surface area contributed by atoms with E-state index in [1.807, 2.05) is 19.1 Å². The van der Waals surface area contributed by atoms with Crippen molar-refractivity contribution in [2.45, 2.75) is 26.8 Å². The summed E-state index contributed by atoms with van der Waals surface area (Å²) >= 11 is 1.73. The Bertz CT molecular complexity index is 798. The summed E-state index contributed by atoms with van der Waals surface area (Å²) < 4.78 is 10.0. The number of nitrogens with one attached hydrogen (secondary N) is 2. The number of carbonyl (C=O) groups excluding carboxylic acids is 1. The van der Waals surface area contributed by atoms with Gasteiger partial charge in [-0.15, -0.1) is 11.3 Å². The van der Waals surface area contributed by atoms with Crippen LogP contribution in [0.2, 0.25) is 0 Å². The Morgan fingerprint density at radius 3 is 2.63 bits per heavy atom. The second kappa shape index (κ2) is 9.91. The summed E-state index contributed by atoms with van der Waals surface area (Å²) in [6, 6.07) is 5.37. The maximum atomic E-state index is 11.7. The number of hydrogen-bond acceptors (Lipinski definition) is 6. The van der Waals surface area contributed by atoms with Gasteiger partial charge in [-0.1, -0.05) is 6.07 Å². The lowest BCUT2D eigenvalue weighted by Crippen LogP contribution is -2.37. The summed E-state index contributed by atoms with van der Waals surface area (Å²) in [6.45, 7) is 5.41. The van der Waals surface area contributed by atoms with E-state index >= 15 is 0 Å². The normalized spacial score (nSPS) is 11.2. The van der Waals surface area contributed by atoms with Crippen molar-refractivity contribution in [2.75, 3.05) is 27.8 Å². The van der Waals surface area contributed by atoms with Crippen LogP contribution in [0.15, 0.2) is 23.2 Å². The van der Waals surface area contributed by atoms with Crippen LogP contribution in [0.3, 0.4) is 0 Å². The zero-order valence-electron chi connectivity index (χ0n) is 16.4. The van der Waals surface area contributed by atoms with Gasteiger partial charge in [-0.25, -0.2) is 9.78 Å². The number of benzene rings is 1. The second-order valence-corrected chi connectivity index (χ2v) is 7.17. The molecular weight excluding hydrogens is 364 g/mol. The molecule has 0 bridgehead atoms. The summed E-state index contributed by atoms with van der Waals surface area (Å²) in [6.07, 6.45) is 0.849. The molecule has 0 spiro atoms. The van der Waals surface area contributed by atoms with Crippen molar-refractivity contribution in [3.05, 3.63) is 44.9 Å². The van der Waals surface area contributed by atoms with Crippen molar-refractivity contribution >= 4 is 23.3 Å². The van der Waals surface area contributed by atoms with Crippen LogP contribution in [0.4, 0.5) is 0 Å². The SMILES string of the molecule is CN=C(NCCc1nc(C)c(C)s1)NCc1ccc(C(=O)OC)c(OC)c1. The highest BCUT2D eigenvalue weighted by molar-refractivity contribution is 7.11. The third-order valence-corrected chi connectivity index (χ3v) is 5.19. The van der Waals surface area contributed by atoms with Crippen molar-refractivity contribution in [2.24, 2.45) is 4.99 Å². The molecule has 0 fully saturated rings. The first-order valence-electron chi connectivity index (χ1n) is 8.61. The predicted molar refractivity (Wildman–Crippen MR) is 108 cm³/mol. The molecule has 0 aliphatic heterocycles. The van der Waals surface area contributed by atoms with Crippen LogP contribution >= 0.6 is 11.3 Å². The van der Waals surface area contributed by atoms with E-state index in [4.69, 9.17) is 9.47 Å². The number of esters is 1.